The molecule has 8 heteroatoms. The van der Waals surface area contributed by atoms with Crippen LogP contribution < -0.4 is 10.9 Å². The van der Waals surface area contributed by atoms with Gasteiger partial charge in [0, 0.05) is 24.9 Å². The van der Waals surface area contributed by atoms with E-state index in [1.54, 1.807) is 12.3 Å². The van der Waals surface area contributed by atoms with E-state index in [0.29, 0.717) is 18.1 Å². The quantitative estimate of drug-likeness (QED) is 0.927. The molecule has 1 fully saturated rings. The molecule has 3 rings (SSSR count). The molecule has 0 aliphatic carbocycles. The van der Waals surface area contributed by atoms with Crippen LogP contribution in [0.3, 0.4) is 0 Å². The Morgan fingerprint density at radius 2 is 2.22 bits per heavy atom. The zero-order valence-corrected chi connectivity index (χ0v) is 13.8. The van der Waals surface area contributed by atoms with E-state index in [1.807, 2.05) is 19.9 Å². The molecule has 1 aliphatic heterocycles. The Morgan fingerprint density at radius 3 is 2.83 bits per heavy atom. The number of aromatic nitrogens is 3. The Hall–Kier alpha value is -1.96. The summed E-state index contributed by atoms with van der Waals surface area (Å²) in [5.41, 5.74) is 0.950. The van der Waals surface area contributed by atoms with Crippen LogP contribution in [-0.4, -0.2) is 27.2 Å². The molecule has 2 aromatic rings. The van der Waals surface area contributed by atoms with E-state index < -0.39 is 5.79 Å². The average Bonchev–Trinajstić information content (AvgIpc) is 2.85. The third-order valence-corrected chi connectivity index (χ3v) is 3.65. The Labute approximate surface area is 138 Å². The first-order valence-corrected chi connectivity index (χ1v) is 7.50. The number of hydrogen-bond donors (Lipinski definition) is 1. The molecule has 0 aromatic carbocycles. The van der Waals surface area contributed by atoms with Crippen LogP contribution in [0.4, 0.5) is 11.5 Å². The molecule has 0 bridgehead atoms. The summed E-state index contributed by atoms with van der Waals surface area (Å²) < 4.78 is 12.5. The predicted molar refractivity (Wildman–Crippen MR) is 85.9 cm³/mol. The number of pyridine rings is 1. The van der Waals surface area contributed by atoms with Crippen molar-refractivity contribution in [2.45, 2.75) is 25.7 Å². The summed E-state index contributed by atoms with van der Waals surface area (Å²) in [6.07, 6.45) is 1.56. The minimum atomic E-state index is -0.582. The number of nitrogens with zero attached hydrogens (tertiary/aromatic N) is 3. The van der Waals surface area contributed by atoms with Crippen LogP contribution in [0, 0.1) is 0 Å². The summed E-state index contributed by atoms with van der Waals surface area (Å²) in [6.45, 7) is 4.24. The van der Waals surface area contributed by atoms with Gasteiger partial charge in [-0.05, 0) is 19.9 Å². The summed E-state index contributed by atoms with van der Waals surface area (Å²) in [5, 5.41) is 7.01. The maximum Gasteiger partial charge on any atom is 0.290 e. The van der Waals surface area contributed by atoms with Gasteiger partial charge >= 0.3 is 0 Å². The highest BCUT2D eigenvalue weighted by atomic mass is 35.5. The molecule has 0 radical (unpaired) electrons. The van der Waals surface area contributed by atoms with Gasteiger partial charge in [-0.1, -0.05) is 17.7 Å². The first kappa shape index (κ1) is 15.9. The lowest BCUT2D eigenvalue weighted by atomic mass is 10.2. The predicted octanol–water partition coefficient (Wildman–Crippen LogP) is 2.40. The van der Waals surface area contributed by atoms with Crippen molar-refractivity contribution < 1.29 is 9.47 Å². The van der Waals surface area contributed by atoms with E-state index in [-0.39, 0.29) is 16.8 Å². The zero-order chi connectivity index (χ0) is 16.6. The standard InChI is InChI=1S/C15H17ClN4O3/c1-15(2)22-8-11(23-15)9-4-5-13(17-7-9)18-10-6-12(16)19-20(3)14(10)21/h4-7,11H,8H2,1-3H3,(H,17,18)/t11-/m1/s1. The van der Waals surface area contributed by atoms with Crippen molar-refractivity contribution >= 4 is 23.1 Å². The summed E-state index contributed by atoms with van der Waals surface area (Å²) >= 11 is 5.86. The van der Waals surface area contributed by atoms with Crippen molar-refractivity contribution in [3.8, 4) is 0 Å². The van der Waals surface area contributed by atoms with Gasteiger partial charge < -0.3 is 14.8 Å². The molecular weight excluding hydrogens is 320 g/mol. The molecule has 1 aliphatic rings. The van der Waals surface area contributed by atoms with E-state index >= 15 is 0 Å². The second-order valence-corrected chi connectivity index (χ2v) is 6.12. The van der Waals surface area contributed by atoms with Gasteiger partial charge in [0.2, 0.25) is 0 Å². The fraction of sp³-hybridized carbons (Fsp3) is 0.400. The number of aryl methyl sites for hydroxylation is 1. The number of rotatable bonds is 3. The highest BCUT2D eigenvalue weighted by molar-refractivity contribution is 6.29. The normalized spacial score (nSPS) is 19.7. The fourth-order valence-corrected chi connectivity index (χ4v) is 2.54. The second kappa shape index (κ2) is 5.92. The van der Waals surface area contributed by atoms with Crippen LogP contribution >= 0.6 is 11.6 Å². The Morgan fingerprint density at radius 1 is 1.43 bits per heavy atom. The molecule has 0 unspecified atom stereocenters. The van der Waals surface area contributed by atoms with E-state index in [9.17, 15) is 4.79 Å². The van der Waals surface area contributed by atoms with Crippen molar-refractivity contribution in [1.82, 2.24) is 14.8 Å². The maximum absolute atomic E-state index is 12.0. The van der Waals surface area contributed by atoms with Gasteiger partial charge in [0.25, 0.3) is 5.56 Å². The molecule has 7 nitrogen and oxygen atoms in total. The fourth-order valence-electron chi connectivity index (χ4n) is 2.32. The molecule has 0 saturated carbocycles. The SMILES string of the molecule is Cn1nc(Cl)cc(Nc2ccc([C@H]3COC(C)(C)O3)cn2)c1=O. The van der Waals surface area contributed by atoms with Crippen LogP contribution in [0.15, 0.2) is 29.2 Å². The van der Waals surface area contributed by atoms with Crippen molar-refractivity contribution in [3.63, 3.8) is 0 Å². The summed E-state index contributed by atoms with van der Waals surface area (Å²) in [5.74, 6) is -0.0482. The molecule has 1 atom stereocenters. The number of nitrogens with one attached hydrogen (secondary N) is 1. The van der Waals surface area contributed by atoms with Crippen molar-refractivity contribution in [2.75, 3.05) is 11.9 Å². The van der Waals surface area contributed by atoms with Gasteiger partial charge in [-0.25, -0.2) is 9.67 Å². The molecular formula is C15H17ClN4O3. The highest BCUT2D eigenvalue weighted by Crippen LogP contribution is 2.32. The summed E-state index contributed by atoms with van der Waals surface area (Å²) in [4.78, 5) is 16.3. The lowest BCUT2D eigenvalue weighted by molar-refractivity contribution is -0.139. The third-order valence-electron chi connectivity index (χ3n) is 3.46. The first-order valence-electron chi connectivity index (χ1n) is 7.13. The number of ether oxygens (including phenoxy) is 2. The van der Waals surface area contributed by atoms with Gasteiger partial charge in [-0.3, -0.25) is 4.79 Å². The molecule has 3 heterocycles. The number of halogens is 1. The molecule has 23 heavy (non-hydrogen) atoms. The zero-order valence-electron chi connectivity index (χ0n) is 13.0. The highest BCUT2D eigenvalue weighted by Gasteiger charge is 2.33. The minimum absolute atomic E-state index is 0.144. The second-order valence-electron chi connectivity index (χ2n) is 5.73. The Balaban J connectivity index is 1.77. The van der Waals surface area contributed by atoms with Gasteiger partial charge in [0.05, 0.1) is 6.61 Å². The van der Waals surface area contributed by atoms with Crippen molar-refractivity contribution in [3.05, 3.63) is 45.5 Å². The van der Waals surface area contributed by atoms with Crippen LogP contribution in [0.1, 0.15) is 25.5 Å². The van der Waals surface area contributed by atoms with E-state index in [1.165, 1.54) is 17.8 Å². The van der Waals surface area contributed by atoms with Crippen molar-refractivity contribution in [2.24, 2.45) is 7.05 Å². The summed E-state index contributed by atoms with van der Waals surface area (Å²) in [7, 11) is 1.54. The Kier molecular flexibility index (Phi) is 4.09. The number of hydrogen-bond acceptors (Lipinski definition) is 6. The van der Waals surface area contributed by atoms with E-state index in [0.717, 1.165) is 5.56 Å². The van der Waals surface area contributed by atoms with E-state index in [2.05, 4.69) is 15.4 Å². The Bertz CT molecular complexity index is 773. The van der Waals surface area contributed by atoms with Gasteiger partial charge in [-0.15, -0.1) is 0 Å². The minimum Gasteiger partial charge on any atom is -0.347 e. The first-order chi connectivity index (χ1) is 10.8. The molecule has 0 spiro atoms. The van der Waals surface area contributed by atoms with Crippen molar-refractivity contribution in [1.29, 1.82) is 0 Å². The maximum atomic E-state index is 12.0. The third kappa shape index (κ3) is 3.52. The van der Waals surface area contributed by atoms with Gasteiger partial charge in [-0.2, -0.15) is 5.10 Å². The lowest BCUT2D eigenvalue weighted by Gasteiger charge is -2.17. The molecule has 2 aromatic heterocycles. The van der Waals surface area contributed by atoms with Crippen LogP contribution in [0.5, 0.6) is 0 Å². The van der Waals surface area contributed by atoms with Crippen LogP contribution in [0.2, 0.25) is 5.15 Å². The monoisotopic (exact) mass is 336 g/mol. The molecule has 1 saturated heterocycles. The van der Waals surface area contributed by atoms with E-state index in [4.69, 9.17) is 21.1 Å². The molecule has 122 valence electrons. The largest absolute Gasteiger partial charge is 0.347 e. The molecule has 1 N–H and O–H groups in total. The number of anilines is 2. The molecule has 0 amide bonds. The average molecular weight is 337 g/mol. The van der Waals surface area contributed by atoms with Crippen LogP contribution in [-0.2, 0) is 16.5 Å². The van der Waals surface area contributed by atoms with Gasteiger partial charge in [0.1, 0.15) is 17.6 Å². The van der Waals surface area contributed by atoms with Gasteiger partial charge in [0.15, 0.2) is 10.9 Å². The topological polar surface area (TPSA) is 78.3 Å². The smallest absolute Gasteiger partial charge is 0.290 e. The van der Waals surface area contributed by atoms with Crippen LogP contribution in [0.25, 0.3) is 0 Å². The lowest BCUT2D eigenvalue weighted by Crippen LogP contribution is -2.22. The summed E-state index contributed by atoms with van der Waals surface area (Å²) in [6, 6.07) is 5.13.